The van der Waals surface area contributed by atoms with Gasteiger partial charge in [0.2, 0.25) is 5.91 Å². The van der Waals surface area contributed by atoms with Gasteiger partial charge < -0.3 is 9.80 Å². The topological polar surface area (TPSA) is 108 Å². The summed E-state index contributed by atoms with van der Waals surface area (Å²) < 4.78 is 52.6. The number of hydrogen-bond acceptors (Lipinski definition) is 9. The van der Waals surface area contributed by atoms with Crippen LogP contribution in [0.25, 0.3) is 10.2 Å². The number of carbonyl (C=O) groups is 1. The van der Waals surface area contributed by atoms with Gasteiger partial charge in [-0.05, 0) is 43.2 Å². The van der Waals surface area contributed by atoms with Gasteiger partial charge in [0.1, 0.15) is 4.21 Å². The van der Waals surface area contributed by atoms with E-state index in [2.05, 4.69) is 9.88 Å². The minimum atomic E-state index is -3.66. The van der Waals surface area contributed by atoms with Gasteiger partial charge in [0.25, 0.3) is 10.0 Å². The van der Waals surface area contributed by atoms with Crippen LogP contribution < -0.4 is 4.90 Å². The molecule has 0 N–H and O–H groups in total. The van der Waals surface area contributed by atoms with Crippen molar-refractivity contribution in [3.8, 4) is 0 Å². The summed E-state index contributed by atoms with van der Waals surface area (Å²) in [5.74, 6) is -0.381. The van der Waals surface area contributed by atoms with Crippen molar-refractivity contribution in [3.63, 3.8) is 0 Å². The molecule has 1 amide bonds. The van der Waals surface area contributed by atoms with Gasteiger partial charge >= 0.3 is 0 Å². The van der Waals surface area contributed by atoms with Crippen molar-refractivity contribution < 1.29 is 21.6 Å². The summed E-state index contributed by atoms with van der Waals surface area (Å²) in [6.07, 6.45) is 2.48. The lowest BCUT2D eigenvalue weighted by Gasteiger charge is -2.38. The Morgan fingerprint density at radius 1 is 1.03 bits per heavy atom. The number of thiophene rings is 1. The first-order valence-electron chi connectivity index (χ1n) is 11.4. The van der Waals surface area contributed by atoms with Gasteiger partial charge in [-0.3, -0.25) is 4.79 Å². The van der Waals surface area contributed by atoms with Crippen LogP contribution in [0.4, 0.5) is 5.13 Å². The number of thiazole rings is 1. The molecular weight excluding hydrogens is 564 g/mol. The van der Waals surface area contributed by atoms with Crippen LogP contribution in [-0.4, -0.2) is 82.5 Å². The molecule has 2 aliphatic rings. The average Bonchev–Trinajstić information content (AvgIpc) is 3.49. The highest BCUT2D eigenvalue weighted by Crippen LogP contribution is 2.33. The van der Waals surface area contributed by atoms with Crippen LogP contribution in [0, 0.1) is 5.92 Å². The van der Waals surface area contributed by atoms with Crippen LogP contribution >= 0.6 is 34.3 Å². The van der Waals surface area contributed by atoms with Crippen molar-refractivity contribution in [2.45, 2.75) is 21.9 Å². The molecule has 2 saturated heterocycles. The summed E-state index contributed by atoms with van der Waals surface area (Å²) in [7, 11) is -6.96. The standard InChI is InChI=1S/C22H25ClN4O5S4/c1-35(29,30)16-4-5-17-18(13-16)33-22(24-17)26-11-9-25(10-12-26)21(28)15-3-2-8-27(14-15)36(31,32)20-7-6-19(23)34-20/h4-7,13,15H,2-3,8-12,14H2,1H3. The SMILES string of the molecule is CS(=O)(=O)c1ccc2nc(N3CCN(C(=O)C4CCCN(S(=O)(=O)c5ccc(Cl)s5)C4)CC3)sc2c1. The van der Waals surface area contributed by atoms with E-state index in [0.717, 1.165) is 26.7 Å². The molecule has 3 aromatic rings. The molecule has 36 heavy (non-hydrogen) atoms. The van der Waals surface area contributed by atoms with E-state index in [-0.39, 0.29) is 27.5 Å². The zero-order valence-electron chi connectivity index (χ0n) is 19.5. The monoisotopic (exact) mass is 588 g/mol. The van der Waals surface area contributed by atoms with Gasteiger partial charge in [-0.15, -0.1) is 11.3 Å². The molecule has 0 radical (unpaired) electrons. The zero-order chi connectivity index (χ0) is 25.7. The number of amides is 1. The molecule has 14 heteroatoms. The number of piperazine rings is 1. The fourth-order valence-electron chi connectivity index (χ4n) is 4.56. The maximum absolute atomic E-state index is 13.3. The Bertz CT molecular complexity index is 1510. The number of hydrogen-bond donors (Lipinski definition) is 0. The maximum atomic E-state index is 13.3. The Balaban J connectivity index is 1.23. The highest BCUT2D eigenvalue weighted by atomic mass is 35.5. The first-order chi connectivity index (χ1) is 17.0. The first kappa shape index (κ1) is 25.9. The summed E-state index contributed by atoms with van der Waals surface area (Å²) in [5, 5.41) is 0.798. The largest absolute Gasteiger partial charge is 0.345 e. The van der Waals surface area contributed by atoms with Gasteiger partial charge in [-0.1, -0.05) is 22.9 Å². The van der Waals surface area contributed by atoms with Crippen LogP contribution in [-0.2, 0) is 24.7 Å². The molecule has 0 aliphatic carbocycles. The van der Waals surface area contributed by atoms with Crippen molar-refractivity contribution in [1.82, 2.24) is 14.2 Å². The Labute approximate surface area is 223 Å². The molecule has 1 aromatic carbocycles. The second-order valence-electron chi connectivity index (χ2n) is 8.97. The van der Waals surface area contributed by atoms with Crippen LogP contribution in [0.3, 0.4) is 0 Å². The molecule has 1 unspecified atom stereocenters. The van der Waals surface area contributed by atoms with Crippen molar-refractivity contribution in [2.75, 3.05) is 50.4 Å². The predicted molar refractivity (Wildman–Crippen MR) is 142 cm³/mol. The van der Waals surface area contributed by atoms with Gasteiger partial charge in [0.15, 0.2) is 15.0 Å². The molecule has 194 valence electrons. The molecule has 0 spiro atoms. The maximum Gasteiger partial charge on any atom is 0.252 e. The number of halogens is 1. The Morgan fingerprint density at radius 3 is 2.44 bits per heavy atom. The molecular formula is C22H25ClN4O5S4. The number of benzene rings is 1. The fraction of sp³-hybridized carbons (Fsp3) is 0.455. The van der Waals surface area contributed by atoms with E-state index >= 15 is 0 Å². The normalized spacial score (nSPS) is 20.2. The number of fused-ring (bicyclic) bond motifs is 1. The molecule has 2 aromatic heterocycles. The van der Waals surface area contributed by atoms with E-state index in [4.69, 9.17) is 11.6 Å². The third kappa shape index (κ3) is 5.14. The number of sulfonamides is 1. The highest BCUT2D eigenvalue weighted by Gasteiger charge is 2.36. The van der Waals surface area contributed by atoms with Gasteiger partial charge in [-0.2, -0.15) is 4.31 Å². The Morgan fingerprint density at radius 2 is 1.78 bits per heavy atom. The summed E-state index contributed by atoms with van der Waals surface area (Å²) in [6.45, 7) is 2.83. The Kier molecular flexibility index (Phi) is 7.07. The van der Waals surface area contributed by atoms with E-state index in [1.165, 1.54) is 28.0 Å². The average molecular weight is 589 g/mol. The predicted octanol–water partition coefficient (Wildman–Crippen LogP) is 3.16. The van der Waals surface area contributed by atoms with Crippen molar-refractivity contribution in [1.29, 1.82) is 0 Å². The summed E-state index contributed by atoms with van der Waals surface area (Å²) in [4.78, 5) is 22.1. The lowest BCUT2D eigenvalue weighted by atomic mass is 9.98. The summed E-state index contributed by atoms with van der Waals surface area (Å²) in [5.41, 5.74) is 0.747. The number of rotatable bonds is 5. The molecule has 2 fully saturated rings. The molecule has 2 aliphatic heterocycles. The number of piperidine rings is 1. The lowest BCUT2D eigenvalue weighted by Crippen LogP contribution is -2.53. The number of aromatic nitrogens is 1. The summed E-state index contributed by atoms with van der Waals surface area (Å²) >= 11 is 8.40. The third-order valence-electron chi connectivity index (χ3n) is 6.51. The van der Waals surface area contributed by atoms with Crippen LogP contribution in [0.5, 0.6) is 0 Å². The number of carbonyl (C=O) groups excluding carboxylic acids is 1. The molecule has 0 bridgehead atoms. The Hall–Kier alpha value is -1.77. The lowest BCUT2D eigenvalue weighted by molar-refractivity contribution is -0.137. The van der Waals surface area contributed by atoms with E-state index in [0.29, 0.717) is 49.9 Å². The third-order valence-corrected chi connectivity index (χ3v) is 12.3. The van der Waals surface area contributed by atoms with E-state index in [1.54, 1.807) is 24.3 Å². The first-order valence-corrected chi connectivity index (χ1v) is 16.8. The van der Waals surface area contributed by atoms with E-state index < -0.39 is 19.9 Å². The molecule has 0 saturated carbocycles. The smallest absolute Gasteiger partial charge is 0.252 e. The van der Waals surface area contributed by atoms with Crippen LogP contribution in [0.1, 0.15) is 12.8 Å². The minimum Gasteiger partial charge on any atom is -0.345 e. The van der Waals surface area contributed by atoms with Gasteiger partial charge in [0, 0.05) is 45.5 Å². The van der Waals surface area contributed by atoms with Crippen molar-refractivity contribution in [2.24, 2.45) is 5.92 Å². The molecule has 9 nitrogen and oxygen atoms in total. The van der Waals surface area contributed by atoms with Gasteiger partial charge in [-0.25, -0.2) is 21.8 Å². The number of nitrogens with zero attached hydrogens (tertiary/aromatic N) is 4. The zero-order valence-corrected chi connectivity index (χ0v) is 23.5. The van der Waals surface area contributed by atoms with E-state index in [1.807, 2.05) is 4.90 Å². The minimum absolute atomic E-state index is 0.0131. The number of anilines is 1. The number of sulfone groups is 1. The van der Waals surface area contributed by atoms with Crippen LogP contribution in [0.2, 0.25) is 4.34 Å². The fourth-order valence-corrected chi connectivity index (χ4v) is 9.50. The van der Waals surface area contributed by atoms with Crippen molar-refractivity contribution >= 4 is 75.4 Å². The second-order valence-corrected chi connectivity index (χ2v) is 15.9. The van der Waals surface area contributed by atoms with Gasteiger partial charge in [0.05, 0.1) is 25.4 Å². The van der Waals surface area contributed by atoms with Crippen LogP contribution in [0.15, 0.2) is 39.4 Å². The van der Waals surface area contributed by atoms with Crippen molar-refractivity contribution in [3.05, 3.63) is 34.7 Å². The molecule has 1 atom stereocenters. The second kappa shape index (κ2) is 9.84. The molecule has 5 rings (SSSR count). The highest BCUT2D eigenvalue weighted by molar-refractivity contribution is 7.91. The quantitative estimate of drug-likeness (QED) is 0.450. The summed E-state index contributed by atoms with van der Waals surface area (Å²) in [6, 6.07) is 8.02. The van der Waals surface area contributed by atoms with E-state index in [9.17, 15) is 21.6 Å². The molecule has 4 heterocycles.